The topological polar surface area (TPSA) is 110 Å². The Morgan fingerprint density at radius 3 is 2.43 bits per heavy atom. The van der Waals surface area contributed by atoms with Crippen LogP contribution in [0.25, 0.3) is 22.3 Å². The van der Waals surface area contributed by atoms with Crippen molar-refractivity contribution < 1.29 is 22.8 Å². The Bertz CT molecular complexity index is 1570. The van der Waals surface area contributed by atoms with Gasteiger partial charge in [-0.2, -0.15) is 18.3 Å². The van der Waals surface area contributed by atoms with Crippen molar-refractivity contribution in [2.45, 2.75) is 12.6 Å². The number of H-pyrrole nitrogens is 1. The van der Waals surface area contributed by atoms with Crippen molar-refractivity contribution in [2.24, 2.45) is 5.92 Å². The second kappa shape index (κ2) is 11.4. The van der Waals surface area contributed by atoms with E-state index in [1.54, 1.807) is 24.5 Å². The summed E-state index contributed by atoms with van der Waals surface area (Å²) < 4.78 is 39.7. The first kappa shape index (κ1) is 27.6. The summed E-state index contributed by atoms with van der Waals surface area (Å²) in [6.45, 7) is 3.89. The van der Waals surface area contributed by atoms with Gasteiger partial charge in [-0.3, -0.25) is 19.6 Å². The second-order valence-electron chi connectivity index (χ2n) is 10.5. The molecule has 13 heteroatoms. The number of piperazine rings is 1. The van der Waals surface area contributed by atoms with Crippen molar-refractivity contribution in [2.75, 3.05) is 56.0 Å². The number of carbonyl (C=O) groups excluding carboxylic acids is 2. The number of hydrogen-bond acceptors (Lipinski definition) is 7. The van der Waals surface area contributed by atoms with Crippen LogP contribution in [-0.4, -0.2) is 87.6 Å². The molecule has 42 heavy (non-hydrogen) atoms. The third kappa shape index (κ3) is 5.91. The fraction of sp³-hybridized carbons (Fsp3) is 0.345. The number of hydrogen-bond donors (Lipinski definition) is 2. The molecule has 2 aliphatic heterocycles. The van der Waals surface area contributed by atoms with Crippen LogP contribution in [0.5, 0.6) is 0 Å². The minimum absolute atomic E-state index is 0.0253. The van der Waals surface area contributed by atoms with E-state index in [4.69, 9.17) is 0 Å². The smallest absolute Gasteiger partial charge is 0.368 e. The van der Waals surface area contributed by atoms with Crippen LogP contribution in [0, 0.1) is 5.92 Å². The van der Waals surface area contributed by atoms with Gasteiger partial charge in [0.05, 0.1) is 18.0 Å². The van der Waals surface area contributed by atoms with E-state index < -0.39 is 11.9 Å². The van der Waals surface area contributed by atoms with Crippen molar-refractivity contribution in [3.63, 3.8) is 0 Å². The molecule has 2 saturated heterocycles. The summed E-state index contributed by atoms with van der Waals surface area (Å²) in [5, 5.41) is 8.36. The highest BCUT2D eigenvalue weighted by molar-refractivity contribution is 5.96. The van der Waals surface area contributed by atoms with Gasteiger partial charge in [0, 0.05) is 67.4 Å². The molecule has 0 aliphatic carbocycles. The number of amides is 2. The van der Waals surface area contributed by atoms with E-state index in [-0.39, 0.29) is 40.9 Å². The third-order valence-electron chi connectivity index (χ3n) is 7.79. The number of alkyl halides is 3. The van der Waals surface area contributed by atoms with E-state index >= 15 is 0 Å². The van der Waals surface area contributed by atoms with Gasteiger partial charge in [0.2, 0.25) is 11.8 Å². The normalized spacial score (nSPS) is 18.0. The average Bonchev–Trinajstić information content (AvgIpc) is 3.65. The maximum Gasteiger partial charge on any atom is 0.435 e. The minimum atomic E-state index is -4.60. The SMILES string of the molecule is O=C(Nc1ccc2[nH]nc(C(F)(F)F)c2c1)[C@@H]1CCN(CC(=O)N2CCN(c3ccc(-c4ncccn4)cc3)CC2)C1. The van der Waals surface area contributed by atoms with E-state index in [0.29, 0.717) is 38.4 Å². The van der Waals surface area contributed by atoms with Crippen molar-refractivity contribution in [1.29, 1.82) is 0 Å². The Balaban J connectivity index is 0.979. The van der Waals surface area contributed by atoms with Crippen molar-refractivity contribution in [3.8, 4) is 11.4 Å². The molecule has 4 aromatic rings. The van der Waals surface area contributed by atoms with E-state index in [1.165, 1.54) is 12.1 Å². The van der Waals surface area contributed by atoms with Crippen LogP contribution >= 0.6 is 0 Å². The Morgan fingerprint density at radius 1 is 0.976 bits per heavy atom. The van der Waals surface area contributed by atoms with Crippen molar-refractivity contribution in [3.05, 3.63) is 66.6 Å². The van der Waals surface area contributed by atoms with Gasteiger partial charge in [-0.1, -0.05) is 0 Å². The molecule has 0 saturated carbocycles. The lowest BCUT2D eigenvalue weighted by Crippen LogP contribution is -2.51. The number of carbonyl (C=O) groups is 2. The van der Waals surface area contributed by atoms with Gasteiger partial charge >= 0.3 is 6.18 Å². The molecule has 2 aromatic heterocycles. The molecule has 0 spiro atoms. The average molecular weight is 579 g/mol. The molecule has 4 heterocycles. The monoisotopic (exact) mass is 578 g/mol. The Labute approximate surface area is 239 Å². The molecular weight excluding hydrogens is 549 g/mol. The summed E-state index contributed by atoms with van der Waals surface area (Å²) in [5.41, 5.74) is 1.52. The highest BCUT2D eigenvalue weighted by atomic mass is 19.4. The summed E-state index contributed by atoms with van der Waals surface area (Å²) in [7, 11) is 0. The fourth-order valence-electron chi connectivity index (χ4n) is 5.52. The maximum atomic E-state index is 13.2. The minimum Gasteiger partial charge on any atom is -0.368 e. The highest BCUT2D eigenvalue weighted by Crippen LogP contribution is 2.34. The molecule has 2 N–H and O–H groups in total. The fourth-order valence-corrected chi connectivity index (χ4v) is 5.52. The van der Waals surface area contributed by atoms with Gasteiger partial charge in [-0.05, 0) is 61.5 Å². The summed E-state index contributed by atoms with van der Waals surface area (Å²) in [6, 6.07) is 14.1. The number of benzene rings is 2. The Morgan fingerprint density at radius 2 is 1.71 bits per heavy atom. The lowest BCUT2D eigenvalue weighted by molar-refractivity contribution is -0.140. The molecule has 2 aromatic carbocycles. The number of aromatic amines is 1. The van der Waals surface area contributed by atoms with Crippen LogP contribution in [0.4, 0.5) is 24.5 Å². The zero-order valence-corrected chi connectivity index (χ0v) is 22.6. The van der Waals surface area contributed by atoms with Crippen LogP contribution in [0.15, 0.2) is 60.9 Å². The molecule has 2 amide bonds. The molecule has 10 nitrogen and oxygen atoms in total. The predicted octanol–water partition coefficient (Wildman–Crippen LogP) is 3.65. The van der Waals surface area contributed by atoms with E-state index in [2.05, 4.69) is 30.4 Å². The van der Waals surface area contributed by atoms with Gasteiger partial charge < -0.3 is 15.1 Å². The second-order valence-corrected chi connectivity index (χ2v) is 10.5. The summed E-state index contributed by atoms with van der Waals surface area (Å²) in [4.78, 5) is 40.5. The van der Waals surface area contributed by atoms with Crippen LogP contribution in [0.3, 0.4) is 0 Å². The Kier molecular flexibility index (Phi) is 7.50. The number of likely N-dealkylation sites (tertiary alicyclic amines) is 1. The zero-order chi connectivity index (χ0) is 29.3. The largest absolute Gasteiger partial charge is 0.435 e. The predicted molar refractivity (Wildman–Crippen MR) is 151 cm³/mol. The number of aromatic nitrogens is 4. The van der Waals surface area contributed by atoms with Gasteiger partial charge in [0.1, 0.15) is 0 Å². The first-order valence-electron chi connectivity index (χ1n) is 13.7. The standard InChI is InChI=1S/C29H29F3N8O2/c30-29(31,32)26-23-16-21(4-7-24(23)36-37-26)35-28(42)20-8-11-38(17-20)18-25(41)40-14-12-39(13-15-40)22-5-2-19(3-6-22)27-33-9-1-10-34-27/h1-7,9-10,16,20H,8,11-15,17-18H2,(H,35,42)(H,36,37)/t20-/m1/s1. The summed E-state index contributed by atoms with van der Waals surface area (Å²) in [5.74, 6) is 0.0644. The van der Waals surface area contributed by atoms with Crippen molar-refractivity contribution >= 4 is 34.1 Å². The first-order chi connectivity index (χ1) is 20.2. The van der Waals surface area contributed by atoms with Gasteiger partial charge in [-0.15, -0.1) is 0 Å². The number of halogens is 3. The number of nitrogens with one attached hydrogen (secondary N) is 2. The van der Waals surface area contributed by atoms with E-state index in [0.717, 1.165) is 24.3 Å². The maximum absolute atomic E-state index is 13.2. The van der Waals surface area contributed by atoms with Gasteiger partial charge in [0.15, 0.2) is 11.5 Å². The molecule has 218 valence electrons. The third-order valence-corrected chi connectivity index (χ3v) is 7.79. The Hall–Kier alpha value is -4.52. The first-order valence-corrected chi connectivity index (χ1v) is 13.7. The quantitative estimate of drug-likeness (QED) is 0.360. The highest BCUT2D eigenvalue weighted by Gasteiger charge is 2.36. The van der Waals surface area contributed by atoms with Crippen LogP contribution < -0.4 is 10.2 Å². The molecular formula is C29H29F3N8O2. The lowest BCUT2D eigenvalue weighted by Gasteiger charge is -2.36. The summed E-state index contributed by atoms with van der Waals surface area (Å²) in [6.07, 6.45) is -0.606. The molecule has 0 radical (unpaired) electrons. The number of nitrogens with zero attached hydrogens (tertiary/aromatic N) is 6. The van der Waals surface area contributed by atoms with Gasteiger partial charge in [-0.25, -0.2) is 9.97 Å². The number of anilines is 2. The zero-order valence-electron chi connectivity index (χ0n) is 22.6. The molecule has 1 atom stereocenters. The van der Waals surface area contributed by atoms with E-state index in [1.807, 2.05) is 34.1 Å². The van der Waals surface area contributed by atoms with Gasteiger partial charge in [0.25, 0.3) is 0 Å². The van der Waals surface area contributed by atoms with Crippen LogP contribution in [-0.2, 0) is 15.8 Å². The summed E-state index contributed by atoms with van der Waals surface area (Å²) >= 11 is 0. The number of rotatable bonds is 6. The molecule has 0 unspecified atom stereocenters. The van der Waals surface area contributed by atoms with Crippen LogP contribution in [0.1, 0.15) is 12.1 Å². The number of fused-ring (bicyclic) bond motifs is 1. The lowest BCUT2D eigenvalue weighted by atomic mass is 10.1. The molecule has 6 rings (SSSR count). The molecule has 2 aliphatic rings. The van der Waals surface area contributed by atoms with Crippen molar-refractivity contribution in [1.82, 2.24) is 30.0 Å². The van der Waals surface area contributed by atoms with Crippen LogP contribution in [0.2, 0.25) is 0 Å². The molecule has 0 bridgehead atoms. The van der Waals surface area contributed by atoms with E-state index in [9.17, 15) is 22.8 Å². The molecule has 2 fully saturated rings.